The summed E-state index contributed by atoms with van der Waals surface area (Å²) in [5.74, 6) is -0.693. The molecule has 1 atom stereocenters. The second-order valence-electron chi connectivity index (χ2n) is 5.84. The van der Waals surface area contributed by atoms with Crippen molar-refractivity contribution in [1.29, 1.82) is 0 Å². The fourth-order valence-electron chi connectivity index (χ4n) is 2.29. The maximum Gasteiger partial charge on any atom is 0.321 e. The molecule has 2 rings (SSSR count). The number of sulfonamides is 1. The van der Waals surface area contributed by atoms with Crippen LogP contribution >= 0.6 is 0 Å². The van der Waals surface area contributed by atoms with Crippen LogP contribution in [0.3, 0.4) is 0 Å². The summed E-state index contributed by atoms with van der Waals surface area (Å²) in [5, 5.41) is 13.3. The summed E-state index contributed by atoms with van der Waals surface area (Å²) < 4.78 is 28.7. The third-order valence-electron chi connectivity index (χ3n) is 3.42. The predicted octanol–water partition coefficient (Wildman–Crippen LogP) is 1.35. The van der Waals surface area contributed by atoms with E-state index in [0.29, 0.717) is 11.5 Å². The Morgan fingerprint density at radius 2 is 2.08 bits per heavy atom. The molecule has 0 spiro atoms. The van der Waals surface area contributed by atoms with E-state index in [2.05, 4.69) is 14.8 Å². The Kier molecular flexibility index (Phi) is 5.35. The van der Waals surface area contributed by atoms with Crippen molar-refractivity contribution in [3.63, 3.8) is 0 Å². The van der Waals surface area contributed by atoms with E-state index in [0.717, 1.165) is 0 Å². The molecule has 1 unspecified atom stereocenters. The van der Waals surface area contributed by atoms with Crippen LogP contribution in [0.15, 0.2) is 35.5 Å². The number of carbonyl (C=O) groups is 1. The van der Waals surface area contributed by atoms with E-state index >= 15 is 0 Å². The molecule has 0 aliphatic carbocycles. The summed E-state index contributed by atoms with van der Waals surface area (Å²) in [4.78, 5) is 15.4. The van der Waals surface area contributed by atoms with Gasteiger partial charge in [0.1, 0.15) is 10.9 Å². The standard InChI is InChI=1S/C15H20N4O4S/c1-10(2)8-12(15(20)21)18-24(22,23)13-9-17-19(11(13)3)14-6-4-5-7-16-14/h4-7,9-10,12,18H,8H2,1-3H3,(H,20,21). The Hall–Kier alpha value is -2.26. The quantitative estimate of drug-likeness (QED) is 0.777. The van der Waals surface area contributed by atoms with Gasteiger partial charge in [0.25, 0.3) is 0 Å². The zero-order chi connectivity index (χ0) is 17.9. The molecule has 0 aromatic carbocycles. The van der Waals surface area contributed by atoms with Gasteiger partial charge in [-0.2, -0.15) is 9.82 Å². The molecule has 24 heavy (non-hydrogen) atoms. The molecule has 2 aromatic heterocycles. The van der Waals surface area contributed by atoms with Crippen LogP contribution in [0.2, 0.25) is 0 Å². The van der Waals surface area contributed by atoms with Gasteiger partial charge < -0.3 is 5.11 Å². The van der Waals surface area contributed by atoms with E-state index < -0.39 is 22.0 Å². The van der Waals surface area contributed by atoms with E-state index in [1.165, 1.54) is 10.9 Å². The first kappa shape index (κ1) is 18.1. The number of carboxylic acid groups (broad SMARTS) is 1. The maximum absolute atomic E-state index is 12.5. The minimum absolute atomic E-state index is 0.0335. The largest absolute Gasteiger partial charge is 0.480 e. The molecular weight excluding hydrogens is 332 g/mol. The van der Waals surface area contributed by atoms with Gasteiger partial charge in [-0.15, -0.1) is 0 Å². The smallest absolute Gasteiger partial charge is 0.321 e. The Labute approximate surface area is 140 Å². The summed E-state index contributed by atoms with van der Waals surface area (Å²) in [6.45, 7) is 5.25. The van der Waals surface area contributed by atoms with Crippen molar-refractivity contribution in [2.24, 2.45) is 5.92 Å². The fraction of sp³-hybridized carbons (Fsp3) is 0.400. The number of nitrogens with zero attached hydrogens (tertiary/aromatic N) is 3. The van der Waals surface area contributed by atoms with E-state index in [-0.39, 0.29) is 17.2 Å². The van der Waals surface area contributed by atoms with Crippen LogP contribution in [0.5, 0.6) is 0 Å². The van der Waals surface area contributed by atoms with Gasteiger partial charge in [0, 0.05) is 6.20 Å². The lowest BCUT2D eigenvalue weighted by molar-refractivity contribution is -0.139. The van der Waals surface area contributed by atoms with Crippen molar-refractivity contribution < 1.29 is 18.3 Å². The number of hydrogen-bond acceptors (Lipinski definition) is 5. The predicted molar refractivity (Wildman–Crippen MR) is 87.3 cm³/mol. The van der Waals surface area contributed by atoms with Crippen LogP contribution in [0, 0.1) is 12.8 Å². The Morgan fingerprint density at radius 1 is 1.38 bits per heavy atom. The van der Waals surface area contributed by atoms with Crippen LogP contribution in [0.25, 0.3) is 5.82 Å². The molecule has 0 radical (unpaired) electrons. The van der Waals surface area contributed by atoms with Crippen LogP contribution in [0.4, 0.5) is 0 Å². The fourth-order valence-corrected chi connectivity index (χ4v) is 3.65. The Bertz CT molecular complexity index is 815. The number of pyridine rings is 1. The summed E-state index contributed by atoms with van der Waals surface area (Å²) >= 11 is 0. The van der Waals surface area contributed by atoms with Gasteiger partial charge in [0.2, 0.25) is 10.0 Å². The van der Waals surface area contributed by atoms with Crippen LogP contribution in [0.1, 0.15) is 26.0 Å². The van der Waals surface area contributed by atoms with E-state index in [9.17, 15) is 18.3 Å². The first-order valence-corrected chi connectivity index (χ1v) is 8.92. The number of rotatable bonds is 7. The van der Waals surface area contributed by atoms with Gasteiger partial charge in [0.15, 0.2) is 5.82 Å². The summed E-state index contributed by atoms with van der Waals surface area (Å²) in [6.07, 6.45) is 2.97. The normalized spacial score (nSPS) is 13.2. The lowest BCUT2D eigenvalue weighted by atomic mass is 10.1. The molecule has 8 nitrogen and oxygen atoms in total. The lowest BCUT2D eigenvalue weighted by Gasteiger charge is -2.16. The highest BCUT2D eigenvalue weighted by Crippen LogP contribution is 2.18. The molecular formula is C15H20N4O4S. The van der Waals surface area contributed by atoms with Crippen molar-refractivity contribution in [1.82, 2.24) is 19.5 Å². The number of aromatic nitrogens is 3. The molecule has 0 aliphatic heterocycles. The van der Waals surface area contributed by atoms with Gasteiger partial charge >= 0.3 is 5.97 Å². The Balaban J connectivity index is 2.33. The van der Waals surface area contributed by atoms with Crippen LogP contribution in [-0.4, -0.2) is 40.3 Å². The molecule has 0 saturated carbocycles. The SMILES string of the molecule is Cc1c(S(=O)(=O)NC(CC(C)C)C(=O)O)cnn1-c1ccccn1. The first-order valence-electron chi connectivity index (χ1n) is 7.43. The molecule has 0 saturated heterocycles. The lowest BCUT2D eigenvalue weighted by Crippen LogP contribution is -2.41. The van der Waals surface area contributed by atoms with Crippen molar-refractivity contribution in [3.8, 4) is 5.82 Å². The zero-order valence-corrected chi connectivity index (χ0v) is 14.5. The number of aliphatic carboxylic acids is 1. The maximum atomic E-state index is 12.5. The first-order chi connectivity index (χ1) is 11.2. The van der Waals surface area contributed by atoms with Crippen molar-refractivity contribution >= 4 is 16.0 Å². The monoisotopic (exact) mass is 352 g/mol. The minimum atomic E-state index is -4.01. The van der Waals surface area contributed by atoms with Gasteiger partial charge in [-0.1, -0.05) is 19.9 Å². The van der Waals surface area contributed by atoms with Gasteiger partial charge in [-0.25, -0.2) is 18.1 Å². The Morgan fingerprint density at radius 3 is 2.62 bits per heavy atom. The third-order valence-corrected chi connectivity index (χ3v) is 5.00. The second-order valence-corrected chi connectivity index (χ2v) is 7.52. The molecule has 0 aliphatic rings. The molecule has 0 fully saturated rings. The van der Waals surface area contributed by atoms with E-state index in [1.54, 1.807) is 31.3 Å². The number of hydrogen-bond donors (Lipinski definition) is 2. The second kappa shape index (κ2) is 7.10. The molecule has 2 N–H and O–H groups in total. The molecule has 9 heteroatoms. The molecule has 130 valence electrons. The minimum Gasteiger partial charge on any atom is -0.480 e. The highest BCUT2D eigenvalue weighted by atomic mass is 32.2. The zero-order valence-electron chi connectivity index (χ0n) is 13.7. The van der Waals surface area contributed by atoms with Gasteiger partial charge in [-0.05, 0) is 31.4 Å². The van der Waals surface area contributed by atoms with Crippen molar-refractivity contribution in [2.45, 2.75) is 38.1 Å². The summed E-state index contributed by atoms with van der Waals surface area (Å²) in [7, 11) is -4.01. The molecule has 0 bridgehead atoms. The molecule has 2 heterocycles. The molecule has 0 amide bonds. The van der Waals surface area contributed by atoms with Crippen molar-refractivity contribution in [3.05, 3.63) is 36.3 Å². The van der Waals surface area contributed by atoms with Gasteiger partial charge in [-0.3, -0.25) is 4.79 Å². The van der Waals surface area contributed by atoms with Gasteiger partial charge in [0.05, 0.1) is 11.9 Å². The highest BCUT2D eigenvalue weighted by molar-refractivity contribution is 7.89. The average Bonchev–Trinajstić information content (AvgIpc) is 2.89. The van der Waals surface area contributed by atoms with Crippen LogP contribution in [-0.2, 0) is 14.8 Å². The van der Waals surface area contributed by atoms with E-state index in [4.69, 9.17) is 0 Å². The van der Waals surface area contributed by atoms with E-state index in [1.807, 2.05) is 13.8 Å². The van der Waals surface area contributed by atoms with Crippen molar-refractivity contribution in [2.75, 3.05) is 0 Å². The van der Waals surface area contributed by atoms with Crippen LogP contribution < -0.4 is 4.72 Å². The summed E-state index contributed by atoms with van der Waals surface area (Å²) in [5.41, 5.74) is 0.356. The third kappa shape index (κ3) is 3.98. The number of carboxylic acids is 1. The summed E-state index contributed by atoms with van der Waals surface area (Å²) in [6, 6.07) is 4.01. The highest BCUT2D eigenvalue weighted by Gasteiger charge is 2.29. The topological polar surface area (TPSA) is 114 Å². The number of nitrogens with one attached hydrogen (secondary N) is 1. The molecule has 2 aromatic rings. The average molecular weight is 352 g/mol.